The summed E-state index contributed by atoms with van der Waals surface area (Å²) in [6, 6.07) is 14.9. The van der Waals surface area contributed by atoms with Gasteiger partial charge in [0.05, 0.1) is 32.5 Å². The number of rotatable bonds is 5. The smallest absolute Gasteiger partial charge is 0.337 e. The Balaban J connectivity index is 1.73. The minimum absolute atomic E-state index is 0.357. The quantitative estimate of drug-likeness (QED) is 0.676. The van der Waals surface area contributed by atoms with Crippen LogP contribution in [0, 0.1) is 0 Å². The fourth-order valence-corrected chi connectivity index (χ4v) is 2.32. The van der Waals surface area contributed by atoms with E-state index >= 15 is 0 Å². The summed E-state index contributed by atoms with van der Waals surface area (Å²) in [5.41, 5.74) is 3.25. The lowest BCUT2D eigenvalue weighted by molar-refractivity contribution is 0.0601. The number of esters is 1. The number of ether oxygens (including phenoxy) is 2. The number of carbonyl (C=O) groups is 1. The van der Waals surface area contributed by atoms with Crippen molar-refractivity contribution in [3.63, 3.8) is 0 Å². The van der Waals surface area contributed by atoms with Gasteiger partial charge in [-0.15, -0.1) is 5.10 Å². The summed E-state index contributed by atoms with van der Waals surface area (Å²) in [5.74, 6) is 0.466. The molecule has 3 aromatic rings. The Hall–Kier alpha value is -3.15. The van der Waals surface area contributed by atoms with E-state index in [0.717, 1.165) is 22.6 Å². The molecule has 1 aromatic heterocycles. The molecule has 0 saturated carbocycles. The first-order chi connectivity index (χ1) is 11.7. The van der Waals surface area contributed by atoms with Crippen molar-refractivity contribution in [2.24, 2.45) is 0 Å². The van der Waals surface area contributed by atoms with Crippen LogP contribution in [0.2, 0.25) is 0 Å². The minimum atomic E-state index is -0.357. The van der Waals surface area contributed by atoms with E-state index in [0.29, 0.717) is 12.1 Å². The van der Waals surface area contributed by atoms with E-state index < -0.39 is 0 Å². The van der Waals surface area contributed by atoms with E-state index in [9.17, 15) is 4.79 Å². The number of aromatic nitrogens is 3. The van der Waals surface area contributed by atoms with Gasteiger partial charge in [-0.3, -0.25) is 0 Å². The van der Waals surface area contributed by atoms with Crippen LogP contribution < -0.4 is 4.74 Å². The van der Waals surface area contributed by atoms with Gasteiger partial charge in [0.25, 0.3) is 0 Å². The molecule has 0 atom stereocenters. The molecular formula is C18H17N3O3. The van der Waals surface area contributed by atoms with Gasteiger partial charge in [-0.2, -0.15) is 0 Å². The Bertz CT molecular complexity index is 823. The Kier molecular flexibility index (Phi) is 4.56. The van der Waals surface area contributed by atoms with E-state index in [1.54, 1.807) is 23.9 Å². The third-order valence-electron chi connectivity index (χ3n) is 3.64. The maximum atomic E-state index is 11.5. The van der Waals surface area contributed by atoms with E-state index in [1.807, 2.05) is 42.6 Å². The number of hydrogen-bond donors (Lipinski definition) is 0. The van der Waals surface area contributed by atoms with Gasteiger partial charge in [-0.25, -0.2) is 9.48 Å². The molecule has 0 aliphatic rings. The van der Waals surface area contributed by atoms with Crippen LogP contribution in [0.1, 0.15) is 15.9 Å². The van der Waals surface area contributed by atoms with Gasteiger partial charge in [0, 0.05) is 5.56 Å². The number of hydrogen-bond acceptors (Lipinski definition) is 5. The van der Waals surface area contributed by atoms with Gasteiger partial charge >= 0.3 is 5.97 Å². The van der Waals surface area contributed by atoms with E-state index in [2.05, 4.69) is 15.0 Å². The topological polar surface area (TPSA) is 66.2 Å². The van der Waals surface area contributed by atoms with Gasteiger partial charge in [0.15, 0.2) is 0 Å². The van der Waals surface area contributed by atoms with Gasteiger partial charge in [0.1, 0.15) is 11.4 Å². The van der Waals surface area contributed by atoms with Crippen LogP contribution >= 0.6 is 0 Å². The van der Waals surface area contributed by atoms with Crippen LogP contribution in [-0.4, -0.2) is 35.2 Å². The lowest BCUT2D eigenvalue weighted by atomic mass is 10.1. The van der Waals surface area contributed by atoms with Crippen LogP contribution in [0.15, 0.2) is 54.7 Å². The largest absolute Gasteiger partial charge is 0.497 e. The van der Waals surface area contributed by atoms with Crippen LogP contribution in [-0.2, 0) is 11.3 Å². The third kappa shape index (κ3) is 3.43. The van der Waals surface area contributed by atoms with Crippen molar-refractivity contribution in [1.82, 2.24) is 15.0 Å². The molecule has 0 unspecified atom stereocenters. The predicted molar refractivity (Wildman–Crippen MR) is 88.9 cm³/mol. The first-order valence-corrected chi connectivity index (χ1v) is 7.41. The van der Waals surface area contributed by atoms with Crippen molar-refractivity contribution in [3.05, 3.63) is 65.9 Å². The van der Waals surface area contributed by atoms with E-state index in [-0.39, 0.29) is 5.97 Å². The zero-order valence-corrected chi connectivity index (χ0v) is 13.5. The number of carbonyl (C=O) groups excluding carboxylic acids is 1. The first-order valence-electron chi connectivity index (χ1n) is 7.41. The number of benzene rings is 2. The molecule has 0 aliphatic carbocycles. The molecule has 0 radical (unpaired) electrons. The molecular weight excluding hydrogens is 306 g/mol. The van der Waals surface area contributed by atoms with Crippen molar-refractivity contribution >= 4 is 5.97 Å². The molecule has 24 heavy (non-hydrogen) atoms. The lowest BCUT2D eigenvalue weighted by Gasteiger charge is -2.03. The summed E-state index contributed by atoms with van der Waals surface area (Å²) in [7, 11) is 3.01. The second kappa shape index (κ2) is 6.95. The molecule has 0 N–H and O–H groups in total. The van der Waals surface area contributed by atoms with E-state index in [1.165, 1.54) is 7.11 Å². The van der Waals surface area contributed by atoms with Gasteiger partial charge in [-0.05, 0) is 29.8 Å². The molecule has 6 heteroatoms. The molecule has 122 valence electrons. The Morgan fingerprint density at radius 3 is 2.38 bits per heavy atom. The molecule has 0 aliphatic heterocycles. The maximum Gasteiger partial charge on any atom is 0.337 e. The van der Waals surface area contributed by atoms with Crippen LogP contribution in [0.5, 0.6) is 5.75 Å². The lowest BCUT2D eigenvalue weighted by Crippen LogP contribution is -2.00. The normalized spacial score (nSPS) is 10.4. The average molecular weight is 323 g/mol. The third-order valence-corrected chi connectivity index (χ3v) is 3.64. The summed E-state index contributed by atoms with van der Waals surface area (Å²) < 4.78 is 11.6. The fourth-order valence-electron chi connectivity index (χ4n) is 2.32. The van der Waals surface area contributed by atoms with Crippen molar-refractivity contribution in [3.8, 4) is 17.0 Å². The highest BCUT2D eigenvalue weighted by Crippen LogP contribution is 2.18. The zero-order chi connectivity index (χ0) is 16.9. The van der Waals surface area contributed by atoms with Crippen molar-refractivity contribution in [2.45, 2.75) is 6.54 Å². The Morgan fingerprint density at radius 1 is 1.04 bits per heavy atom. The second-order valence-corrected chi connectivity index (χ2v) is 5.22. The highest BCUT2D eigenvalue weighted by atomic mass is 16.5. The van der Waals surface area contributed by atoms with Gasteiger partial charge in [0.2, 0.25) is 0 Å². The molecule has 0 bridgehead atoms. The van der Waals surface area contributed by atoms with Gasteiger partial charge in [-0.1, -0.05) is 29.5 Å². The molecule has 1 heterocycles. The first kappa shape index (κ1) is 15.7. The fraction of sp³-hybridized carbons (Fsp3) is 0.167. The van der Waals surface area contributed by atoms with Crippen LogP contribution in [0.3, 0.4) is 0 Å². The molecule has 2 aromatic carbocycles. The van der Waals surface area contributed by atoms with Crippen LogP contribution in [0.25, 0.3) is 11.3 Å². The van der Waals surface area contributed by atoms with Crippen LogP contribution in [0.4, 0.5) is 0 Å². The number of methoxy groups -OCH3 is 2. The standard InChI is InChI=1S/C18H17N3O3/c1-23-16-9-3-13(4-10-16)11-21-12-17(19-20-21)14-5-7-15(8-6-14)18(22)24-2/h3-10,12H,11H2,1-2H3. The molecule has 0 spiro atoms. The minimum Gasteiger partial charge on any atom is -0.497 e. The summed E-state index contributed by atoms with van der Waals surface area (Å²) in [5, 5.41) is 8.33. The van der Waals surface area contributed by atoms with E-state index in [4.69, 9.17) is 4.74 Å². The Morgan fingerprint density at radius 2 is 1.75 bits per heavy atom. The summed E-state index contributed by atoms with van der Waals surface area (Å²) in [4.78, 5) is 11.5. The monoisotopic (exact) mass is 323 g/mol. The van der Waals surface area contributed by atoms with Crippen molar-refractivity contribution < 1.29 is 14.3 Å². The highest BCUT2D eigenvalue weighted by molar-refractivity contribution is 5.89. The highest BCUT2D eigenvalue weighted by Gasteiger charge is 2.08. The summed E-state index contributed by atoms with van der Waals surface area (Å²) in [6.07, 6.45) is 1.87. The number of nitrogens with zero attached hydrogens (tertiary/aromatic N) is 3. The Labute approximate surface area is 139 Å². The van der Waals surface area contributed by atoms with Crippen molar-refractivity contribution in [2.75, 3.05) is 14.2 Å². The predicted octanol–water partition coefficient (Wildman–Crippen LogP) is 2.79. The second-order valence-electron chi connectivity index (χ2n) is 5.22. The summed E-state index contributed by atoms with van der Waals surface area (Å²) >= 11 is 0. The zero-order valence-electron chi connectivity index (χ0n) is 13.5. The maximum absolute atomic E-state index is 11.5. The molecule has 0 fully saturated rings. The SMILES string of the molecule is COC(=O)c1ccc(-c2cn(Cc3ccc(OC)cc3)nn2)cc1. The average Bonchev–Trinajstić information content (AvgIpc) is 3.10. The molecule has 6 nitrogen and oxygen atoms in total. The van der Waals surface area contributed by atoms with Gasteiger partial charge < -0.3 is 9.47 Å². The molecule has 0 amide bonds. The molecule has 3 rings (SSSR count). The summed E-state index contributed by atoms with van der Waals surface area (Å²) in [6.45, 7) is 0.622. The molecule has 0 saturated heterocycles. The van der Waals surface area contributed by atoms with Crippen molar-refractivity contribution in [1.29, 1.82) is 0 Å².